The predicted octanol–water partition coefficient (Wildman–Crippen LogP) is 2.79. The first-order chi connectivity index (χ1) is 13.3. The number of nitrogens with zero attached hydrogens (tertiary/aromatic N) is 4. The van der Waals surface area contributed by atoms with E-state index in [1.54, 1.807) is 35.5 Å². The van der Waals surface area contributed by atoms with Crippen LogP contribution in [0.4, 0.5) is 16.3 Å². The van der Waals surface area contributed by atoms with Gasteiger partial charge in [0.2, 0.25) is 0 Å². The van der Waals surface area contributed by atoms with E-state index in [4.69, 9.17) is 4.74 Å². The van der Waals surface area contributed by atoms with E-state index in [0.717, 1.165) is 5.69 Å². The van der Waals surface area contributed by atoms with Crippen LogP contribution in [0.2, 0.25) is 0 Å². The standard InChI is InChI=1S/C20H25N5O3/c1-20(2,3)28-19(27)25-11-9-24(10-12-25)16-6-7-17(22-14-16)23-18(26)15-5-4-8-21-13-15/h4-8,13-14H,9-12H2,1-3H3,(H,22,23,26). The van der Waals surface area contributed by atoms with E-state index in [9.17, 15) is 9.59 Å². The smallest absolute Gasteiger partial charge is 0.410 e. The SMILES string of the molecule is CC(C)(C)OC(=O)N1CCN(c2ccc(NC(=O)c3cccnc3)nc2)CC1. The van der Waals surface area contributed by atoms with Crippen molar-refractivity contribution >= 4 is 23.5 Å². The van der Waals surface area contributed by atoms with Gasteiger partial charge in [0, 0.05) is 38.6 Å². The summed E-state index contributed by atoms with van der Waals surface area (Å²) in [6.07, 6.45) is 4.57. The fraction of sp³-hybridized carbons (Fsp3) is 0.400. The zero-order valence-electron chi connectivity index (χ0n) is 16.4. The van der Waals surface area contributed by atoms with Crippen LogP contribution in [0.1, 0.15) is 31.1 Å². The summed E-state index contributed by atoms with van der Waals surface area (Å²) in [5.74, 6) is 0.226. The van der Waals surface area contributed by atoms with E-state index in [1.807, 2.05) is 26.8 Å². The van der Waals surface area contributed by atoms with Gasteiger partial charge in [0.25, 0.3) is 5.91 Å². The molecule has 8 nitrogen and oxygen atoms in total. The number of carbonyl (C=O) groups excluding carboxylic acids is 2. The zero-order valence-corrected chi connectivity index (χ0v) is 16.4. The summed E-state index contributed by atoms with van der Waals surface area (Å²) in [7, 11) is 0. The Bertz CT molecular complexity index is 810. The minimum Gasteiger partial charge on any atom is -0.444 e. The molecule has 0 aromatic carbocycles. The molecule has 1 aliphatic heterocycles. The average Bonchev–Trinajstić information content (AvgIpc) is 2.68. The molecule has 0 saturated carbocycles. The van der Waals surface area contributed by atoms with Crippen LogP contribution in [0.25, 0.3) is 0 Å². The highest BCUT2D eigenvalue weighted by Crippen LogP contribution is 2.19. The fourth-order valence-corrected chi connectivity index (χ4v) is 2.81. The summed E-state index contributed by atoms with van der Waals surface area (Å²) in [5, 5.41) is 2.75. The molecule has 1 saturated heterocycles. The van der Waals surface area contributed by atoms with Crippen LogP contribution in [0.3, 0.4) is 0 Å². The Balaban J connectivity index is 1.53. The van der Waals surface area contributed by atoms with Crippen LogP contribution >= 0.6 is 0 Å². The molecule has 2 amide bonds. The number of pyridine rings is 2. The van der Waals surface area contributed by atoms with Crippen molar-refractivity contribution in [1.82, 2.24) is 14.9 Å². The van der Waals surface area contributed by atoms with E-state index in [2.05, 4.69) is 20.2 Å². The van der Waals surface area contributed by atoms with Gasteiger partial charge in [-0.1, -0.05) is 0 Å². The molecule has 148 valence electrons. The highest BCUT2D eigenvalue weighted by molar-refractivity contribution is 6.03. The Morgan fingerprint density at radius 1 is 1.07 bits per heavy atom. The van der Waals surface area contributed by atoms with Crippen LogP contribution in [0, 0.1) is 0 Å². The summed E-state index contributed by atoms with van der Waals surface area (Å²) >= 11 is 0. The number of carbonyl (C=O) groups is 2. The number of hydrogen-bond acceptors (Lipinski definition) is 6. The van der Waals surface area contributed by atoms with E-state index >= 15 is 0 Å². The van der Waals surface area contributed by atoms with Gasteiger partial charge >= 0.3 is 6.09 Å². The van der Waals surface area contributed by atoms with Crippen LogP contribution in [0.15, 0.2) is 42.9 Å². The number of ether oxygens (including phenoxy) is 1. The maximum absolute atomic E-state index is 12.1. The Morgan fingerprint density at radius 3 is 2.39 bits per heavy atom. The lowest BCUT2D eigenvalue weighted by atomic mass is 10.2. The molecular formula is C20H25N5O3. The third-order valence-electron chi connectivity index (χ3n) is 4.21. The molecule has 1 N–H and O–H groups in total. The van der Waals surface area contributed by atoms with Gasteiger partial charge in [-0.3, -0.25) is 9.78 Å². The third-order valence-corrected chi connectivity index (χ3v) is 4.21. The highest BCUT2D eigenvalue weighted by Gasteiger charge is 2.26. The topological polar surface area (TPSA) is 87.7 Å². The number of hydrogen-bond donors (Lipinski definition) is 1. The molecular weight excluding hydrogens is 358 g/mol. The number of rotatable bonds is 3. The Labute approximate surface area is 164 Å². The van der Waals surface area contributed by atoms with Crippen molar-refractivity contribution in [2.24, 2.45) is 0 Å². The summed E-state index contributed by atoms with van der Waals surface area (Å²) in [6, 6.07) is 7.09. The predicted molar refractivity (Wildman–Crippen MR) is 106 cm³/mol. The first kappa shape index (κ1) is 19.6. The largest absolute Gasteiger partial charge is 0.444 e. The van der Waals surface area contributed by atoms with Crippen molar-refractivity contribution in [2.45, 2.75) is 26.4 Å². The maximum Gasteiger partial charge on any atom is 0.410 e. The highest BCUT2D eigenvalue weighted by atomic mass is 16.6. The van der Waals surface area contributed by atoms with Gasteiger partial charge in [-0.25, -0.2) is 9.78 Å². The van der Waals surface area contributed by atoms with Gasteiger partial charge in [0.15, 0.2) is 0 Å². The van der Waals surface area contributed by atoms with Gasteiger partial charge in [-0.15, -0.1) is 0 Å². The lowest BCUT2D eigenvalue weighted by Crippen LogP contribution is -2.50. The summed E-state index contributed by atoms with van der Waals surface area (Å²) in [4.78, 5) is 36.4. The quantitative estimate of drug-likeness (QED) is 0.877. The average molecular weight is 383 g/mol. The van der Waals surface area contributed by atoms with Crippen LogP contribution < -0.4 is 10.2 Å². The van der Waals surface area contributed by atoms with Crippen LogP contribution in [-0.2, 0) is 4.74 Å². The van der Waals surface area contributed by atoms with Crippen molar-refractivity contribution in [1.29, 1.82) is 0 Å². The first-order valence-corrected chi connectivity index (χ1v) is 9.22. The molecule has 0 unspecified atom stereocenters. The molecule has 0 radical (unpaired) electrons. The fourth-order valence-electron chi connectivity index (χ4n) is 2.81. The Kier molecular flexibility index (Phi) is 5.77. The summed E-state index contributed by atoms with van der Waals surface area (Å²) in [6.45, 7) is 8.16. The van der Waals surface area contributed by atoms with Crippen LogP contribution in [0.5, 0.6) is 0 Å². The molecule has 3 heterocycles. The molecule has 0 bridgehead atoms. The molecule has 0 spiro atoms. The van der Waals surface area contributed by atoms with Gasteiger partial charge in [-0.05, 0) is 45.0 Å². The maximum atomic E-state index is 12.1. The van der Waals surface area contributed by atoms with Crippen LogP contribution in [-0.4, -0.2) is 58.6 Å². The lowest BCUT2D eigenvalue weighted by molar-refractivity contribution is 0.0240. The monoisotopic (exact) mass is 383 g/mol. The second-order valence-corrected chi connectivity index (χ2v) is 7.55. The minimum atomic E-state index is -0.492. The molecule has 3 rings (SSSR count). The van der Waals surface area contributed by atoms with Gasteiger partial charge in [0.05, 0.1) is 17.4 Å². The van der Waals surface area contributed by atoms with Crippen molar-refractivity contribution in [3.8, 4) is 0 Å². The van der Waals surface area contributed by atoms with E-state index in [0.29, 0.717) is 37.6 Å². The summed E-state index contributed by atoms with van der Waals surface area (Å²) < 4.78 is 5.42. The van der Waals surface area contributed by atoms with Gasteiger partial charge < -0.3 is 19.9 Å². The second kappa shape index (κ2) is 8.24. The second-order valence-electron chi connectivity index (χ2n) is 7.55. The number of nitrogens with one attached hydrogen (secondary N) is 1. The Morgan fingerprint density at radius 2 is 1.82 bits per heavy atom. The minimum absolute atomic E-state index is 0.251. The molecule has 28 heavy (non-hydrogen) atoms. The molecule has 2 aromatic heterocycles. The van der Waals surface area contributed by atoms with Crippen molar-refractivity contribution in [3.05, 3.63) is 48.4 Å². The molecule has 1 aliphatic rings. The molecule has 2 aromatic rings. The normalized spacial score (nSPS) is 14.5. The first-order valence-electron chi connectivity index (χ1n) is 9.22. The van der Waals surface area contributed by atoms with E-state index in [-0.39, 0.29) is 12.0 Å². The molecule has 0 aliphatic carbocycles. The van der Waals surface area contributed by atoms with Crippen molar-refractivity contribution in [3.63, 3.8) is 0 Å². The van der Waals surface area contributed by atoms with Gasteiger partial charge in [0.1, 0.15) is 11.4 Å². The van der Waals surface area contributed by atoms with Crippen molar-refractivity contribution in [2.75, 3.05) is 36.4 Å². The molecule has 1 fully saturated rings. The van der Waals surface area contributed by atoms with E-state index in [1.165, 1.54) is 6.20 Å². The van der Waals surface area contributed by atoms with E-state index < -0.39 is 5.60 Å². The number of piperazine rings is 1. The lowest BCUT2D eigenvalue weighted by Gasteiger charge is -2.36. The summed E-state index contributed by atoms with van der Waals surface area (Å²) in [5.41, 5.74) is 0.934. The third kappa shape index (κ3) is 5.18. The molecule has 8 heteroatoms. The Hall–Kier alpha value is -3.16. The van der Waals surface area contributed by atoms with Gasteiger partial charge in [-0.2, -0.15) is 0 Å². The molecule has 0 atom stereocenters. The number of anilines is 2. The van der Waals surface area contributed by atoms with Crippen molar-refractivity contribution < 1.29 is 14.3 Å². The number of aromatic nitrogens is 2. The zero-order chi connectivity index (χ0) is 20.1. The number of amides is 2.